The summed E-state index contributed by atoms with van der Waals surface area (Å²) in [6, 6.07) is 15.8. The van der Waals surface area contributed by atoms with Crippen molar-refractivity contribution >= 4 is 23.3 Å². The number of carbonyl (C=O) groups is 2. The zero-order valence-corrected chi connectivity index (χ0v) is 18.1. The molecule has 2 aromatic carbocycles. The molecule has 0 aliphatic heterocycles. The minimum absolute atomic E-state index is 0.0229. The van der Waals surface area contributed by atoms with Crippen molar-refractivity contribution in [2.24, 2.45) is 5.92 Å². The van der Waals surface area contributed by atoms with E-state index in [1.54, 1.807) is 4.90 Å². The molecule has 0 aliphatic carbocycles. The largest absolute Gasteiger partial charge is 0.466 e. The summed E-state index contributed by atoms with van der Waals surface area (Å²) in [6.45, 7) is 8.82. The van der Waals surface area contributed by atoms with Crippen LogP contribution in [0.4, 0.5) is 11.4 Å². The van der Waals surface area contributed by atoms with Gasteiger partial charge in [0.05, 0.1) is 6.61 Å². The van der Waals surface area contributed by atoms with Crippen molar-refractivity contribution in [2.45, 2.75) is 59.8 Å². The summed E-state index contributed by atoms with van der Waals surface area (Å²) < 4.78 is 5.27. The van der Waals surface area contributed by atoms with Gasteiger partial charge in [-0.15, -0.1) is 0 Å². The third-order valence-electron chi connectivity index (χ3n) is 4.79. The predicted octanol–water partition coefficient (Wildman–Crippen LogP) is 6.12. The van der Waals surface area contributed by atoms with Crippen LogP contribution < -0.4 is 4.90 Å². The molecule has 0 saturated heterocycles. The molecule has 4 heteroatoms. The first kappa shape index (κ1) is 22.7. The molecule has 0 radical (unpaired) electrons. The summed E-state index contributed by atoms with van der Waals surface area (Å²) in [5.41, 5.74) is 3.96. The van der Waals surface area contributed by atoms with Gasteiger partial charge in [-0.25, -0.2) is 0 Å². The number of aryl methyl sites for hydroxylation is 2. The van der Waals surface area contributed by atoms with E-state index in [4.69, 9.17) is 4.74 Å². The van der Waals surface area contributed by atoms with Crippen molar-refractivity contribution in [2.75, 3.05) is 11.5 Å². The number of ether oxygens (including phenoxy) is 1. The van der Waals surface area contributed by atoms with E-state index < -0.39 is 0 Å². The molecule has 0 spiro atoms. The van der Waals surface area contributed by atoms with E-state index >= 15 is 0 Å². The molecule has 0 heterocycles. The Labute approximate surface area is 174 Å². The third kappa shape index (κ3) is 7.72. The Hall–Kier alpha value is -2.62. The summed E-state index contributed by atoms with van der Waals surface area (Å²) in [6.07, 6.45) is 2.98. The lowest BCUT2D eigenvalue weighted by Crippen LogP contribution is -2.25. The Bertz CT molecular complexity index is 733. The molecule has 4 nitrogen and oxygen atoms in total. The van der Waals surface area contributed by atoms with Crippen molar-refractivity contribution in [1.29, 1.82) is 0 Å². The third-order valence-corrected chi connectivity index (χ3v) is 4.79. The molecule has 0 atom stereocenters. The minimum atomic E-state index is -0.223. The van der Waals surface area contributed by atoms with Crippen LogP contribution in [0.5, 0.6) is 0 Å². The monoisotopic (exact) mass is 395 g/mol. The second kappa shape index (κ2) is 11.4. The number of anilines is 2. The Morgan fingerprint density at radius 1 is 0.828 bits per heavy atom. The lowest BCUT2D eigenvalue weighted by atomic mass is 10.1. The maximum Gasteiger partial charge on any atom is 0.305 e. The summed E-state index contributed by atoms with van der Waals surface area (Å²) in [5, 5.41) is 0. The maximum absolute atomic E-state index is 13.0. The fraction of sp³-hybridized carbons (Fsp3) is 0.440. The molecule has 0 saturated carbocycles. The number of hydrogen-bond donors (Lipinski definition) is 0. The standard InChI is InChI=1S/C25H33NO3/c1-19(2)7-6-18-29-25(28)9-5-8-24(27)26(22-14-10-20(3)11-15-22)23-16-12-21(4)13-17-23/h10-17,19H,5-9,18H2,1-4H3. The van der Waals surface area contributed by atoms with Gasteiger partial charge >= 0.3 is 5.97 Å². The fourth-order valence-corrected chi connectivity index (χ4v) is 3.07. The SMILES string of the molecule is Cc1ccc(N(C(=O)CCCC(=O)OCCCC(C)C)c2ccc(C)cc2)cc1. The molecule has 29 heavy (non-hydrogen) atoms. The average Bonchev–Trinajstić information content (AvgIpc) is 2.68. The number of nitrogens with zero attached hydrogens (tertiary/aromatic N) is 1. The highest BCUT2D eigenvalue weighted by atomic mass is 16.5. The zero-order chi connectivity index (χ0) is 21.2. The van der Waals surface area contributed by atoms with Crippen LogP contribution >= 0.6 is 0 Å². The van der Waals surface area contributed by atoms with Gasteiger partial charge in [-0.2, -0.15) is 0 Å². The highest BCUT2D eigenvalue weighted by Crippen LogP contribution is 2.27. The predicted molar refractivity (Wildman–Crippen MR) is 118 cm³/mol. The molecule has 0 unspecified atom stereocenters. The van der Waals surface area contributed by atoms with Crippen molar-refractivity contribution in [3.63, 3.8) is 0 Å². The molecule has 0 aliphatic rings. The number of carbonyl (C=O) groups excluding carboxylic acids is 2. The topological polar surface area (TPSA) is 46.6 Å². The Kier molecular flexibility index (Phi) is 8.91. The lowest BCUT2D eigenvalue weighted by Gasteiger charge is -2.23. The maximum atomic E-state index is 13.0. The van der Waals surface area contributed by atoms with Gasteiger partial charge in [0.1, 0.15) is 0 Å². The van der Waals surface area contributed by atoms with Crippen LogP contribution in [0, 0.1) is 19.8 Å². The molecule has 156 valence electrons. The van der Waals surface area contributed by atoms with E-state index in [-0.39, 0.29) is 18.3 Å². The minimum Gasteiger partial charge on any atom is -0.466 e. The first-order valence-corrected chi connectivity index (χ1v) is 10.5. The highest BCUT2D eigenvalue weighted by molar-refractivity contribution is 6.00. The van der Waals surface area contributed by atoms with Crippen molar-refractivity contribution < 1.29 is 14.3 Å². The molecule has 1 amide bonds. The van der Waals surface area contributed by atoms with Crippen LogP contribution in [0.2, 0.25) is 0 Å². The Balaban J connectivity index is 1.95. The van der Waals surface area contributed by atoms with E-state index in [1.165, 1.54) is 0 Å². The molecule has 0 aromatic heterocycles. The molecular formula is C25H33NO3. The van der Waals surface area contributed by atoms with Gasteiger partial charge in [0.2, 0.25) is 5.91 Å². The van der Waals surface area contributed by atoms with E-state index in [0.717, 1.165) is 35.3 Å². The van der Waals surface area contributed by atoms with Gasteiger partial charge in [0.25, 0.3) is 0 Å². The fourth-order valence-electron chi connectivity index (χ4n) is 3.07. The first-order valence-electron chi connectivity index (χ1n) is 10.5. The number of amides is 1. The van der Waals surface area contributed by atoms with E-state index in [0.29, 0.717) is 25.4 Å². The second-order valence-electron chi connectivity index (χ2n) is 8.01. The second-order valence-corrected chi connectivity index (χ2v) is 8.01. The number of hydrogen-bond acceptors (Lipinski definition) is 3. The van der Waals surface area contributed by atoms with Crippen LogP contribution in [-0.2, 0) is 14.3 Å². The number of esters is 1. The summed E-state index contributed by atoms with van der Waals surface area (Å²) >= 11 is 0. The van der Waals surface area contributed by atoms with Gasteiger partial charge < -0.3 is 4.74 Å². The Morgan fingerprint density at radius 2 is 1.34 bits per heavy atom. The summed E-state index contributed by atoms with van der Waals surface area (Å²) in [7, 11) is 0. The van der Waals surface area contributed by atoms with Gasteiger partial charge in [0.15, 0.2) is 0 Å². The normalized spacial score (nSPS) is 10.8. The van der Waals surface area contributed by atoms with Crippen molar-refractivity contribution in [1.82, 2.24) is 0 Å². The first-order chi connectivity index (χ1) is 13.9. The van der Waals surface area contributed by atoms with Crippen LogP contribution in [0.15, 0.2) is 48.5 Å². The molecule has 2 rings (SSSR count). The molecule has 0 bridgehead atoms. The summed E-state index contributed by atoms with van der Waals surface area (Å²) in [4.78, 5) is 26.6. The van der Waals surface area contributed by atoms with Gasteiger partial charge in [-0.3, -0.25) is 14.5 Å². The highest BCUT2D eigenvalue weighted by Gasteiger charge is 2.18. The smallest absolute Gasteiger partial charge is 0.305 e. The van der Waals surface area contributed by atoms with Gasteiger partial charge in [0, 0.05) is 24.2 Å². The van der Waals surface area contributed by atoms with Crippen molar-refractivity contribution in [3.05, 3.63) is 59.7 Å². The lowest BCUT2D eigenvalue weighted by molar-refractivity contribution is -0.143. The number of benzene rings is 2. The average molecular weight is 396 g/mol. The van der Waals surface area contributed by atoms with Crippen LogP contribution in [0.1, 0.15) is 57.1 Å². The molecule has 2 aromatic rings. The van der Waals surface area contributed by atoms with Crippen LogP contribution in [0.3, 0.4) is 0 Å². The Morgan fingerprint density at radius 3 is 1.83 bits per heavy atom. The van der Waals surface area contributed by atoms with Gasteiger partial charge in [-0.05, 0) is 63.3 Å². The number of rotatable bonds is 10. The molecule has 0 fully saturated rings. The van der Waals surface area contributed by atoms with Crippen LogP contribution in [0.25, 0.3) is 0 Å². The van der Waals surface area contributed by atoms with Gasteiger partial charge in [-0.1, -0.05) is 49.2 Å². The van der Waals surface area contributed by atoms with E-state index in [9.17, 15) is 9.59 Å². The van der Waals surface area contributed by atoms with Crippen molar-refractivity contribution in [3.8, 4) is 0 Å². The van der Waals surface area contributed by atoms with E-state index in [2.05, 4.69) is 13.8 Å². The molecule has 0 N–H and O–H groups in total. The molecular weight excluding hydrogens is 362 g/mol. The summed E-state index contributed by atoms with van der Waals surface area (Å²) in [5.74, 6) is 0.366. The zero-order valence-electron chi connectivity index (χ0n) is 18.1. The quantitative estimate of drug-likeness (QED) is 0.360. The van der Waals surface area contributed by atoms with Crippen LogP contribution in [-0.4, -0.2) is 18.5 Å². The van der Waals surface area contributed by atoms with E-state index in [1.807, 2.05) is 62.4 Å².